The van der Waals surface area contributed by atoms with Crippen molar-refractivity contribution in [3.05, 3.63) is 51.0 Å². The molecule has 0 bridgehead atoms. The van der Waals surface area contributed by atoms with Crippen molar-refractivity contribution in [1.29, 1.82) is 0 Å². The number of nitrogens with zero attached hydrogens (tertiary/aromatic N) is 4. The first-order valence-corrected chi connectivity index (χ1v) is 12.7. The SMILES string of the molecule is CCOC(=O)c1c(N2CCN(C(=O)C3=CCCO3)CC2)c2cc(Cl)ccc2n(CCCN(C)C)c1=O. The molecular formula is C26H33ClN4O5. The molecule has 1 saturated heterocycles. The van der Waals surface area contributed by atoms with E-state index in [1.54, 1.807) is 28.5 Å². The van der Waals surface area contributed by atoms with Crippen LogP contribution in [0.4, 0.5) is 5.69 Å². The van der Waals surface area contributed by atoms with Crippen LogP contribution in [0.1, 0.15) is 30.1 Å². The van der Waals surface area contributed by atoms with E-state index in [2.05, 4.69) is 4.90 Å². The van der Waals surface area contributed by atoms with Crippen molar-refractivity contribution in [2.75, 3.05) is 64.9 Å². The Morgan fingerprint density at radius 1 is 1.17 bits per heavy atom. The molecule has 0 N–H and O–H groups in total. The van der Waals surface area contributed by atoms with Crippen LogP contribution in [0.5, 0.6) is 0 Å². The normalized spacial score (nSPS) is 15.9. The van der Waals surface area contributed by atoms with Crippen LogP contribution in [0.25, 0.3) is 10.9 Å². The molecule has 0 atom stereocenters. The van der Waals surface area contributed by atoms with Crippen LogP contribution >= 0.6 is 11.6 Å². The number of aromatic nitrogens is 1. The minimum Gasteiger partial charge on any atom is -0.488 e. The van der Waals surface area contributed by atoms with E-state index < -0.39 is 5.97 Å². The lowest BCUT2D eigenvalue weighted by Crippen LogP contribution is -2.50. The number of anilines is 1. The molecule has 10 heteroatoms. The summed E-state index contributed by atoms with van der Waals surface area (Å²) in [5.41, 5.74) is 0.871. The number of halogens is 1. The molecule has 36 heavy (non-hydrogen) atoms. The molecule has 2 aliphatic rings. The number of rotatable bonds is 8. The molecule has 1 fully saturated rings. The highest BCUT2D eigenvalue weighted by molar-refractivity contribution is 6.31. The number of hydrogen-bond donors (Lipinski definition) is 0. The zero-order valence-electron chi connectivity index (χ0n) is 21.1. The number of fused-ring (bicyclic) bond motifs is 1. The van der Waals surface area contributed by atoms with Gasteiger partial charge in [-0.3, -0.25) is 9.59 Å². The summed E-state index contributed by atoms with van der Waals surface area (Å²) >= 11 is 6.40. The van der Waals surface area contributed by atoms with Gasteiger partial charge in [0.25, 0.3) is 11.5 Å². The number of pyridine rings is 1. The van der Waals surface area contributed by atoms with Gasteiger partial charge >= 0.3 is 5.97 Å². The largest absolute Gasteiger partial charge is 0.488 e. The highest BCUT2D eigenvalue weighted by Crippen LogP contribution is 2.33. The lowest BCUT2D eigenvalue weighted by Gasteiger charge is -2.37. The first kappa shape index (κ1) is 26.0. The van der Waals surface area contributed by atoms with Gasteiger partial charge in [0.05, 0.1) is 24.4 Å². The number of carbonyl (C=O) groups excluding carboxylic acids is 2. The fraction of sp³-hybridized carbons (Fsp3) is 0.500. The molecule has 3 heterocycles. The Bertz CT molecular complexity index is 1230. The Labute approximate surface area is 215 Å². The third kappa shape index (κ3) is 5.37. The number of amides is 1. The van der Waals surface area contributed by atoms with Crippen LogP contribution in [0, 0.1) is 0 Å². The Kier molecular flexibility index (Phi) is 8.21. The highest BCUT2D eigenvalue weighted by Gasteiger charge is 2.31. The zero-order chi connectivity index (χ0) is 25.8. The number of esters is 1. The predicted octanol–water partition coefficient (Wildman–Crippen LogP) is 2.74. The Morgan fingerprint density at radius 2 is 1.92 bits per heavy atom. The first-order valence-electron chi connectivity index (χ1n) is 12.4. The van der Waals surface area contributed by atoms with Crippen LogP contribution < -0.4 is 10.5 Å². The molecule has 9 nitrogen and oxygen atoms in total. The standard InChI is InChI=1S/C26H33ClN4O5/c1-4-35-26(34)22-23(29-12-14-30(15-13-29)24(32)21-7-5-16-36-21)19-17-18(27)8-9-20(19)31(25(22)33)11-6-10-28(2)3/h7-9,17H,4-6,10-16H2,1-3H3. The first-order chi connectivity index (χ1) is 17.3. The summed E-state index contributed by atoms with van der Waals surface area (Å²) in [5, 5.41) is 1.23. The van der Waals surface area contributed by atoms with Gasteiger partial charge in [-0.15, -0.1) is 0 Å². The van der Waals surface area contributed by atoms with Gasteiger partial charge in [0.1, 0.15) is 5.56 Å². The van der Waals surface area contributed by atoms with E-state index in [1.165, 1.54) is 0 Å². The summed E-state index contributed by atoms with van der Waals surface area (Å²) in [6, 6.07) is 5.38. The number of piperazine rings is 1. The maximum absolute atomic E-state index is 13.8. The van der Waals surface area contributed by atoms with Gasteiger partial charge in [-0.2, -0.15) is 0 Å². The Morgan fingerprint density at radius 3 is 2.56 bits per heavy atom. The van der Waals surface area contributed by atoms with Gasteiger partial charge in [0.2, 0.25) is 0 Å². The summed E-state index contributed by atoms with van der Waals surface area (Å²) in [6.45, 7) is 5.45. The molecule has 1 amide bonds. The van der Waals surface area contributed by atoms with Gasteiger partial charge in [0, 0.05) is 49.6 Å². The van der Waals surface area contributed by atoms with Crippen LogP contribution in [-0.4, -0.2) is 86.3 Å². The molecule has 2 aliphatic heterocycles. The third-order valence-electron chi connectivity index (χ3n) is 6.47. The maximum Gasteiger partial charge on any atom is 0.345 e. The molecule has 1 aromatic heterocycles. The van der Waals surface area contributed by atoms with Crippen LogP contribution in [0.3, 0.4) is 0 Å². The Balaban J connectivity index is 1.75. The van der Waals surface area contributed by atoms with E-state index in [4.69, 9.17) is 21.1 Å². The number of hydrogen-bond acceptors (Lipinski definition) is 7. The highest BCUT2D eigenvalue weighted by atomic mass is 35.5. The van der Waals surface area contributed by atoms with Gasteiger partial charge in [-0.25, -0.2) is 4.79 Å². The van der Waals surface area contributed by atoms with Crippen molar-refractivity contribution in [2.24, 2.45) is 0 Å². The summed E-state index contributed by atoms with van der Waals surface area (Å²) in [5.74, 6) is -0.376. The maximum atomic E-state index is 13.8. The molecule has 0 radical (unpaired) electrons. The van der Waals surface area contributed by atoms with Gasteiger partial charge in [-0.05, 0) is 58.3 Å². The van der Waals surface area contributed by atoms with E-state index in [1.807, 2.05) is 31.1 Å². The minimum atomic E-state index is -0.649. The average molecular weight is 517 g/mol. The molecule has 0 unspecified atom stereocenters. The van der Waals surface area contributed by atoms with Crippen LogP contribution in [-0.2, 0) is 20.8 Å². The molecule has 4 rings (SSSR count). The van der Waals surface area contributed by atoms with Crippen molar-refractivity contribution < 1.29 is 19.1 Å². The van der Waals surface area contributed by atoms with Crippen molar-refractivity contribution in [1.82, 2.24) is 14.4 Å². The quantitative estimate of drug-likeness (QED) is 0.499. The smallest absolute Gasteiger partial charge is 0.345 e. The van der Waals surface area contributed by atoms with Crippen LogP contribution in [0.2, 0.25) is 5.02 Å². The van der Waals surface area contributed by atoms with E-state index in [0.717, 1.165) is 24.8 Å². The van der Waals surface area contributed by atoms with Crippen molar-refractivity contribution >= 4 is 40.1 Å². The van der Waals surface area contributed by atoms with E-state index in [-0.39, 0.29) is 23.6 Å². The van der Waals surface area contributed by atoms with Gasteiger partial charge in [0.15, 0.2) is 5.76 Å². The molecular weight excluding hydrogens is 484 g/mol. The number of aryl methyl sites for hydroxylation is 1. The van der Waals surface area contributed by atoms with Crippen molar-refractivity contribution in [2.45, 2.75) is 26.3 Å². The summed E-state index contributed by atoms with van der Waals surface area (Å²) in [6.07, 6.45) is 3.30. The second-order valence-corrected chi connectivity index (χ2v) is 9.64. The zero-order valence-corrected chi connectivity index (χ0v) is 21.8. The lowest BCUT2D eigenvalue weighted by molar-refractivity contribution is -0.130. The van der Waals surface area contributed by atoms with E-state index in [0.29, 0.717) is 61.3 Å². The molecule has 1 aromatic carbocycles. The van der Waals surface area contributed by atoms with Crippen molar-refractivity contribution in [3.8, 4) is 0 Å². The molecule has 0 saturated carbocycles. The van der Waals surface area contributed by atoms with Crippen LogP contribution in [0.15, 0.2) is 34.8 Å². The predicted molar refractivity (Wildman–Crippen MR) is 140 cm³/mol. The van der Waals surface area contributed by atoms with Crippen molar-refractivity contribution in [3.63, 3.8) is 0 Å². The summed E-state index contributed by atoms with van der Waals surface area (Å²) in [7, 11) is 3.96. The number of carbonyl (C=O) groups is 2. The fourth-order valence-corrected chi connectivity index (χ4v) is 4.92. The second-order valence-electron chi connectivity index (χ2n) is 9.20. The minimum absolute atomic E-state index is 0.0121. The summed E-state index contributed by atoms with van der Waals surface area (Å²) < 4.78 is 12.4. The topological polar surface area (TPSA) is 84.3 Å². The lowest BCUT2D eigenvalue weighted by atomic mass is 10.1. The summed E-state index contributed by atoms with van der Waals surface area (Å²) in [4.78, 5) is 45.5. The average Bonchev–Trinajstić information content (AvgIpc) is 3.39. The number of benzene rings is 1. The van der Waals surface area contributed by atoms with E-state index >= 15 is 0 Å². The molecule has 194 valence electrons. The number of ether oxygens (including phenoxy) is 2. The fourth-order valence-electron chi connectivity index (χ4n) is 4.75. The van der Waals surface area contributed by atoms with Gasteiger partial charge in [-0.1, -0.05) is 11.6 Å². The second kappa shape index (κ2) is 11.3. The van der Waals surface area contributed by atoms with Gasteiger partial charge < -0.3 is 28.7 Å². The molecule has 0 aliphatic carbocycles. The third-order valence-corrected chi connectivity index (χ3v) is 6.70. The molecule has 0 spiro atoms. The Hall–Kier alpha value is -3.04. The van der Waals surface area contributed by atoms with E-state index in [9.17, 15) is 14.4 Å². The molecule has 2 aromatic rings. The monoisotopic (exact) mass is 516 g/mol.